The lowest BCUT2D eigenvalue weighted by molar-refractivity contribution is -0.157. The van der Waals surface area contributed by atoms with Crippen molar-refractivity contribution in [3.63, 3.8) is 0 Å². The Labute approximate surface area is 290 Å². The van der Waals surface area contributed by atoms with Crippen LogP contribution in [-0.2, 0) is 10.4 Å². The van der Waals surface area contributed by atoms with E-state index >= 15 is 0 Å². The molecule has 0 radical (unpaired) electrons. The number of benzene rings is 3. The molecule has 0 saturated heterocycles. The highest BCUT2D eigenvalue weighted by molar-refractivity contribution is 6.75. The SMILES string of the molecule is COc1ccc(C(=O)N(OC(=O)c2ccccc2)C2(c3ccc(O[Si](C)(C)C(C)(C)C)cc3O[Si](C)(C)C(C)(C)C)CCCCC2)cc1. The Morgan fingerprint density at radius 1 is 0.688 bits per heavy atom. The summed E-state index contributed by atoms with van der Waals surface area (Å²) in [4.78, 5) is 34.7. The van der Waals surface area contributed by atoms with Crippen LogP contribution in [0.2, 0.25) is 36.3 Å². The highest BCUT2D eigenvalue weighted by Crippen LogP contribution is 2.50. The van der Waals surface area contributed by atoms with Crippen molar-refractivity contribution in [2.45, 2.75) is 115 Å². The van der Waals surface area contributed by atoms with Gasteiger partial charge in [-0.15, -0.1) is 0 Å². The van der Waals surface area contributed by atoms with Crippen LogP contribution in [0.25, 0.3) is 0 Å². The van der Waals surface area contributed by atoms with Crippen LogP contribution < -0.4 is 13.6 Å². The Morgan fingerprint density at radius 2 is 1.23 bits per heavy atom. The van der Waals surface area contributed by atoms with Gasteiger partial charge in [-0.2, -0.15) is 5.06 Å². The van der Waals surface area contributed by atoms with Crippen molar-refractivity contribution < 1.29 is 28.0 Å². The summed E-state index contributed by atoms with van der Waals surface area (Å²) in [7, 11) is -2.97. The van der Waals surface area contributed by atoms with Crippen molar-refractivity contribution >= 4 is 28.5 Å². The molecule has 1 saturated carbocycles. The lowest BCUT2D eigenvalue weighted by Crippen LogP contribution is -2.52. The lowest BCUT2D eigenvalue weighted by atomic mass is 9.75. The average Bonchev–Trinajstić information content (AvgIpc) is 3.02. The Bertz CT molecular complexity index is 1570. The highest BCUT2D eigenvalue weighted by atomic mass is 28.4. The van der Waals surface area contributed by atoms with Crippen LogP contribution in [0.4, 0.5) is 0 Å². The molecule has 4 rings (SSSR count). The van der Waals surface area contributed by atoms with E-state index in [9.17, 15) is 9.59 Å². The van der Waals surface area contributed by atoms with Gasteiger partial charge < -0.3 is 18.4 Å². The van der Waals surface area contributed by atoms with Gasteiger partial charge in [-0.05, 0) is 97.6 Å². The molecule has 3 aromatic rings. The molecule has 0 aromatic heterocycles. The fourth-order valence-corrected chi connectivity index (χ4v) is 7.56. The Hall–Kier alpha value is -3.57. The minimum Gasteiger partial charge on any atom is -0.543 e. The molecule has 1 aliphatic rings. The number of ether oxygens (including phenoxy) is 1. The number of nitrogens with zero attached hydrogens (tertiary/aromatic N) is 1. The summed E-state index contributed by atoms with van der Waals surface area (Å²) in [6, 6.07) is 21.8. The molecule has 0 aliphatic heterocycles. The fraction of sp³-hybridized carbons (Fsp3) is 0.487. The second kappa shape index (κ2) is 14.1. The van der Waals surface area contributed by atoms with Crippen molar-refractivity contribution in [3.8, 4) is 17.2 Å². The smallest absolute Gasteiger partial charge is 0.363 e. The Kier molecular flexibility index (Phi) is 11.0. The van der Waals surface area contributed by atoms with E-state index in [4.69, 9.17) is 18.4 Å². The third-order valence-electron chi connectivity index (χ3n) is 10.6. The van der Waals surface area contributed by atoms with Crippen LogP contribution >= 0.6 is 0 Å². The molecule has 1 aliphatic carbocycles. The van der Waals surface area contributed by atoms with E-state index in [1.165, 1.54) is 5.06 Å². The summed E-state index contributed by atoms with van der Waals surface area (Å²) in [6.45, 7) is 22.2. The van der Waals surface area contributed by atoms with E-state index in [-0.39, 0.29) is 10.1 Å². The average molecular weight is 690 g/mol. The number of carbonyl (C=O) groups is 2. The van der Waals surface area contributed by atoms with Gasteiger partial charge in [0.05, 0.1) is 12.7 Å². The number of hydrogen-bond acceptors (Lipinski definition) is 6. The maximum Gasteiger partial charge on any atom is 0.363 e. The maximum absolute atomic E-state index is 14.7. The fourth-order valence-electron chi connectivity index (χ4n) is 5.51. The standard InChI is InChI=1S/C39H55NO6Si2/c1-37(2,3)47(8,9)45-32-24-25-33(34(28-32)46-48(10,11)38(4,5)6)39(26-16-13-17-27-39)40(44-36(42)30-18-14-12-15-19-30)35(41)29-20-22-31(43-7)23-21-29/h12,14-15,18-25,28H,13,16-17,26-27H2,1-11H3. The highest BCUT2D eigenvalue weighted by Gasteiger charge is 2.49. The van der Waals surface area contributed by atoms with Crippen LogP contribution in [-0.4, -0.2) is 40.7 Å². The van der Waals surface area contributed by atoms with Crippen molar-refractivity contribution in [3.05, 3.63) is 89.5 Å². The largest absolute Gasteiger partial charge is 0.543 e. The van der Waals surface area contributed by atoms with Crippen molar-refractivity contribution in [1.82, 2.24) is 5.06 Å². The van der Waals surface area contributed by atoms with Crippen LogP contribution in [0.15, 0.2) is 72.8 Å². The molecule has 0 unspecified atom stereocenters. The first kappa shape index (κ1) is 37.3. The number of hydrogen-bond donors (Lipinski definition) is 0. The zero-order valence-corrected chi connectivity index (χ0v) is 32.9. The Morgan fingerprint density at radius 3 is 1.77 bits per heavy atom. The number of rotatable bonds is 9. The van der Waals surface area contributed by atoms with Crippen molar-refractivity contribution in [1.29, 1.82) is 0 Å². The van der Waals surface area contributed by atoms with E-state index in [1.807, 2.05) is 24.3 Å². The minimum atomic E-state index is -2.38. The molecule has 260 valence electrons. The summed E-state index contributed by atoms with van der Waals surface area (Å²) < 4.78 is 19.3. The van der Waals surface area contributed by atoms with Gasteiger partial charge >= 0.3 is 5.97 Å². The normalized spacial score (nSPS) is 15.3. The van der Waals surface area contributed by atoms with Gasteiger partial charge in [0.15, 0.2) is 0 Å². The van der Waals surface area contributed by atoms with Crippen LogP contribution in [0.5, 0.6) is 17.2 Å². The summed E-state index contributed by atoms with van der Waals surface area (Å²) in [5.74, 6) is 1.08. The second-order valence-electron chi connectivity index (χ2n) is 16.0. The van der Waals surface area contributed by atoms with E-state index in [0.29, 0.717) is 35.5 Å². The van der Waals surface area contributed by atoms with E-state index < -0.39 is 34.1 Å². The third-order valence-corrected chi connectivity index (χ3v) is 19.3. The minimum absolute atomic E-state index is 0.00391. The molecular formula is C39H55NO6Si2. The van der Waals surface area contributed by atoms with Gasteiger partial charge in [-0.25, -0.2) is 4.79 Å². The maximum atomic E-state index is 14.7. The molecule has 7 nitrogen and oxygen atoms in total. The third kappa shape index (κ3) is 8.00. The molecule has 1 amide bonds. The zero-order chi connectivity index (χ0) is 35.5. The summed E-state index contributed by atoms with van der Waals surface area (Å²) in [6.07, 6.45) is 3.94. The topological polar surface area (TPSA) is 74.3 Å². The predicted molar refractivity (Wildman–Crippen MR) is 198 cm³/mol. The van der Waals surface area contributed by atoms with Crippen molar-refractivity contribution in [2.24, 2.45) is 0 Å². The summed E-state index contributed by atoms with van der Waals surface area (Å²) in [5, 5.41) is 1.27. The zero-order valence-electron chi connectivity index (χ0n) is 30.9. The monoisotopic (exact) mass is 689 g/mol. The second-order valence-corrected chi connectivity index (χ2v) is 25.5. The predicted octanol–water partition coefficient (Wildman–Crippen LogP) is 10.5. The number of hydroxylamine groups is 2. The van der Waals surface area contributed by atoms with Gasteiger partial charge in [-0.3, -0.25) is 4.79 Å². The quantitative estimate of drug-likeness (QED) is 0.164. The number of methoxy groups -OCH3 is 1. The first-order valence-corrected chi connectivity index (χ1v) is 22.9. The first-order chi connectivity index (χ1) is 22.3. The molecule has 1 fully saturated rings. The van der Waals surface area contributed by atoms with Crippen molar-refractivity contribution in [2.75, 3.05) is 7.11 Å². The molecule has 9 heteroatoms. The lowest BCUT2D eigenvalue weighted by Gasteiger charge is -2.46. The van der Waals surface area contributed by atoms with Crippen LogP contribution in [0, 0.1) is 0 Å². The molecule has 48 heavy (non-hydrogen) atoms. The summed E-state index contributed by atoms with van der Waals surface area (Å²) in [5.41, 5.74) is 0.614. The molecule has 0 N–H and O–H groups in total. The summed E-state index contributed by atoms with van der Waals surface area (Å²) >= 11 is 0. The molecule has 3 aromatic carbocycles. The molecular weight excluding hydrogens is 635 g/mol. The van der Waals surface area contributed by atoms with Gasteiger partial charge in [0, 0.05) is 17.2 Å². The van der Waals surface area contributed by atoms with Crippen LogP contribution in [0.3, 0.4) is 0 Å². The molecule has 0 bridgehead atoms. The molecule has 0 heterocycles. The van der Waals surface area contributed by atoms with E-state index in [0.717, 1.165) is 30.6 Å². The number of carbonyl (C=O) groups excluding carboxylic acids is 2. The Balaban J connectivity index is 1.94. The van der Waals surface area contributed by atoms with Gasteiger partial charge in [0.25, 0.3) is 5.91 Å². The van der Waals surface area contributed by atoms with Gasteiger partial charge in [0.2, 0.25) is 16.6 Å². The first-order valence-electron chi connectivity index (χ1n) is 17.1. The molecule has 0 spiro atoms. The van der Waals surface area contributed by atoms with Gasteiger partial charge in [-0.1, -0.05) is 79.0 Å². The van der Waals surface area contributed by atoms with Gasteiger partial charge in [0.1, 0.15) is 22.8 Å². The molecule has 0 atom stereocenters. The van der Waals surface area contributed by atoms with E-state index in [2.05, 4.69) is 67.7 Å². The van der Waals surface area contributed by atoms with Crippen LogP contribution in [0.1, 0.15) is 99.9 Å². The van der Waals surface area contributed by atoms with E-state index in [1.54, 1.807) is 55.6 Å². The number of amides is 1.